The van der Waals surface area contributed by atoms with Crippen molar-refractivity contribution < 1.29 is 55.2 Å². The molecule has 1 aromatic carbocycles. The minimum absolute atomic E-state index is 0.00852. The summed E-state index contributed by atoms with van der Waals surface area (Å²) in [7, 11) is 0. The summed E-state index contributed by atoms with van der Waals surface area (Å²) < 4.78 is 97.5. The number of benzene rings is 1. The number of amides is 1. The number of aromatic nitrogens is 3. The summed E-state index contributed by atoms with van der Waals surface area (Å²) in [5, 5.41) is 13.3. The van der Waals surface area contributed by atoms with Crippen molar-refractivity contribution in [2.24, 2.45) is 0 Å². The highest BCUT2D eigenvalue weighted by molar-refractivity contribution is 5.90. The van der Waals surface area contributed by atoms with E-state index in [0.29, 0.717) is 24.2 Å². The standard InChI is InChI=1S/C32H35F6N5O6/c1-4-21-16-23(28-24(9-10-26(44)42-28)43(21)30(46)48-6-3)41-29-39-17-25(49-11-7-8-27(45)47-5-2)22(40-29)14-18-12-19(31(33,34)35)15-20(13-18)32(36,37)38/h9-10,12-13,15,17,21,23H,4-8,11,14,16H2,1-3H3,(H,42,44)(H,39,40,41)/t21-,23+/m1/s1. The molecule has 1 amide bonds. The largest absolute Gasteiger partial charge is 0.493 e. The maximum Gasteiger partial charge on any atom is 0.416 e. The molecule has 0 saturated heterocycles. The molecule has 0 spiro atoms. The molecule has 0 aliphatic carbocycles. The third kappa shape index (κ3) is 9.41. The number of hydrogen-bond donors (Lipinski definition) is 2. The number of halogens is 6. The summed E-state index contributed by atoms with van der Waals surface area (Å²) in [5.41, 5.74) is -2.73. The highest BCUT2D eigenvalue weighted by Gasteiger charge is 2.39. The van der Waals surface area contributed by atoms with E-state index in [0.717, 1.165) is 0 Å². The summed E-state index contributed by atoms with van der Waals surface area (Å²) in [6, 6.07) is 3.00. The highest BCUT2D eigenvalue weighted by Crippen LogP contribution is 2.41. The monoisotopic (exact) mass is 699 g/mol. The van der Waals surface area contributed by atoms with Crippen LogP contribution in [-0.4, -0.2) is 58.0 Å². The van der Waals surface area contributed by atoms with Gasteiger partial charge in [-0.1, -0.05) is 6.92 Å². The van der Waals surface area contributed by atoms with Crippen molar-refractivity contribution in [2.45, 2.75) is 77.3 Å². The second-order valence-corrected chi connectivity index (χ2v) is 11.0. The first-order valence-electron chi connectivity index (χ1n) is 15.5. The van der Waals surface area contributed by atoms with E-state index in [1.54, 1.807) is 13.8 Å². The second kappa shape index (κ2) is 15.6. The molecule has 17 heteroatoms. The van der Waals surface area contributed by atoms with Gasteiger partial charge < -0.3 is 24.6 Å². The molecule has 266 valence electrons. The Bertz CT molecular complexity index is 1600. The number of alkyl halides is 6. The number of carbonyl (C=O) groups is 2. The average Bonchev–Trinajstić information content (AvgIpc) is 3.03. The number of pyridine rings is 1. The molecule has 49 heavy (non-hydrogen) atoms. The Hall–Kier alpha value is -4.83. The lowest BCUT2D eigenvalue weighted by atomic mass is 9.93. The molecular formula is C32H35F6N5O6. The van der Waals surface area contributed by atoms with Crippen LogP contribution in [0.1, 0.15) is 80.6 Å². The maximum absolute atomic E-state index is 13.6. The lowest BCUT2D eigenvalue weighted by Gasteiger charge is -2.39. The molecule has 4 rings (SSSR count). The van der Waals surface area contributed by atoms with Crippen LogP contribution in [0.3, 0.4) is 0 Å². The summed E-state index contributed by atoms with van der Waals surface area (Å²) in [5.74, 6) is -0.898. The van der Waals surface area contributed by atoms with Crippen molar-refractivity contribution in [2.75, 3.05) is 30.0 Å². The number of ether oxygens (including phenoxy) is 3. The zero-order valence-electron chi connectivity index (χ0n) is 26.8. The number of carbonyl (C=O) groups excluding carboxylic acids is 2. The van der Waals surface area contributed by atoms with Crippen molar-refractivity contribution in [3.63, 3.8) is 0 Å². The normalized spacial score (nSPS) is 16.1. The van der Waals surface area contributed by atoms with Crippen LogP contribution in [0.2, 0.25) is 0 Å². The minimum Gasteiger partial charge on any atom is -0.493 e. The van der Waals surface area contributed by atoms with Gasteiger partial charge in [-0.25, -0.2) is 19.7 Å². The third-order valence-corrected chi connectivity index (χ3v) is 7.53. The lowest BCUT2D eigenvalue weighted by molar-refractivity contribution is -0.144. The summed E-state index contributed by atoms with van der Waals surface area (Å²) in [6.07, 6.45) is -9.05. The molecule has 2 N–H and O–H groups in total. The Kier molecular flexibility index (Phi) is 11.8. The SMILES string of the molecule is CCOC(=O)CCCOc1cnc(N[C@H]2C[C@@H](CC)N(C(=O)OCC)c3ccc(O)nc32)nc1Cc1cc(C(F)(F)F)cc(C(F)(F)F)c1. The van der Waals surface area contributed by atoms with E-state index in [2.05, 4.69) is 20.3 Å². The van der Waals surface area contributed by atoms with Gasteiger partial charge in [-0.3, -0.25) is 9.69 Å². The average molecular weight is 700 g/mol. The van der Waals surface area contributed by atoms with Crippen LogP contribution in [0.5, 0.6) is 11.6 Å². The number of nitrogens with one attached hydrogen (secondary N) is 1. The number of aromatic hydroxyl groups is 1. The fraction of sp³-hybridized carbons (Fsp3) is 0.469. The van der Waals surface area contributed by atoms with Crippen LogP contribution >= 0.6 is 0 Å². The van der Waals surface area contributed by atoms with Gasteiger partial charge in [0.1, 0.15) is 0 Å². The van der Waals surface area contributed by atoms with Crippen LogP contribution in [0.15, 0.2) is 36.5 Å². The Morgan fingerprint density at radius 2 is 1.65 bits per heavy atom. The molecule has 1 aliphatic heterocycles. The quantitative estimate of drug-likeness (QED) is 0.113. The molecule has 0 radical (unpaired) electrons. The maximum atomic E-state index is 13.6. The molecule has 3 aromatic rings. The van der Waals surface area contributed by atoms with Gasteiger partial charge in [0.05, 0.1) is 60.3 Å². The first-order chi connectivity index (χ1) is 23.1. The number of rotatable bonds is 12. The second-order valence-electron chi connectivity index (χ2n) is 11.0. The minimum atomic E-state index is -5.05. The van der Waals surface area contributed by atoms with E-state index >= 15 is 0 Å². The predicted octanol–water partition coefficient (Wildman–Crippen LogP) is 7.23. The van der Waals surface area contributed by atoms with Gasteiger partial charge in [0, 0.05) is 24.9 Å². The summed E-state index contributed by atoms with van der Waals surface area (Å²) in [6.45, 7) is 5.42. The van der Waals surface area contributed by atoms with Crippen LogP contribution in [-0.2, 0) is 33.0 Å². The molecule has 2 atom stereocenters. The zero-order valence-corrected chi connectivity index (χ0v) is 26.8. The first-order valence-corrected chi connectivity index (χ1v) is 15.5. The number of hydrogen-bond acceptors (Lipinski definition) is 10. The van der Waals surface area contributed by atoms with Crippen molar-refractivity contribution in [3.8, 4) is 11.6 Å². The highest BCUT2D eigenvalue weighted by atomic mass is 19.4. The van der Waals surface area contributed by atoms with Crippen molar-refractivity contribution in [1.29, 1.82) is 0 Å². The van der Waals surface area contributed by atoms with Crippen LogP contribution in [0.25, 0.3) is 0 Å². The first kappa shape index (κ1) is 37.0. The van der Waals surface area contributed by atoms with E-state index in [1.807, 2.05) is 6.92 Å². The van der Waals surface area contributed by atoms with Gasteiger partial charge in [-0.2, -0.15) is 26.3 Å². The molecule has 1 aliphatic rings. The van der Waals surface area contributed by atoms with Crippen LogP contribution in [0, 0.1) is 0 Å². The summed E-state index contributed by atoms with van der Waals surface area (Å²) in [4.78, 5) is 38.9. The van der Waals surface area contributed by atoms with Crippen LogP contribution < -0.4 is 15.0 Å². The number of nitrogens with zero attached hydrogens (tertiary/aromatic N) is 4. The molecule has 0 bridgehead atoms. The van der Waals surface area contributed by atoms with Gasteiger partial charge in [0.2, 0.25) is 11.8 Å². The molecule has 0 unspecified atom stereocenters. The van der Waals surface area contributed by atoms with Crippen molar-refractivity contribution in [1.82, 2.24) is 15.0 Å². The van der Waals surface area contributed by atoms with E-state index in [9.17, 15) is 41.0 Å². The lowest BCUT2D eigenvalue weighted by Crippen LogP contribution is -2.46. The smallest absolute Gasteiger partial charge is 0.416 e. The topological polar surface area (TPSA) is 136 Å². The molecule has 11 nitrogen and oxygen atoms in total. The van der Waals surface area contributed by atoms with Gasteiger partial charge in [-0.05, 0) is 62.9 Å². The summed E-state index contributed by atoms with van der Waals surface area (Å²) >= 11 is 0. The van der Waals surface area contributed by atoms with Gasteiger partial charge in [0.15, 0.2) is 5.75 Å². The van der Waals surface area contributed by atoms with E-state index in [-0.39, 0.29) is 85.7 Å². The number of anilines is 2. The van der Waals surface area contributed by atoms with Gasteiger partial charge in [-0.15, -0.1) is 0 Å². The Labute approximate surface area is 277 Å². The van der Waals surface area contributed by atoms with Crippen molar-refractivity contribution >= 4 is 23.7 Å². The molecule has 0 fully saturated rings. The number of fused-ring (bicyclic) bond motifs is 1. The van der Waals surface area contributed by atoms with E-state index < -0.39 is 48.0 Å². The Morgan fingerprint density at radius 1 is 0.980 bits per heavy atom. The Morgan fingerprint density at radius 3 is 2.27 bits per heavy atom. The van der Waals surface area contributed by atoms with Gasteiger partial charge in [0.25, 0.3) is 0 Å². The van der Waals surface area contributed by atoms with Gasteiger partial charge >= 0.3 is 24.4 Å². The Balaban J connectivity index is 1.71. The van der Waals surface area contributed by atoms with Crippen molar-refractivity contribution in [3.05, 3.63) is 64.6 Å². The third-order valence-electron chi connectivity index (χ3n) is 7.53. The molecule has 2 aromatic heterocycles. The molecule has 0 saturated carbocycles. The molecular weight excluding hydrogens is 664 g/mol. The predicted molar refractivity (Wildman–Crippen MR) is 163 cm³/mol. The van der Waals surface area contributed by atoms with E-state index in [1.165, 1.54) is 23.2 Å². The fourth-order valence-corrected chi connectivity index (χ4v) is 5.34. The van der Waals surface area contributed by atoms with E-state index in [4.69, 9.17) is 14.2 Å². The zero-order chi connectivity index (χ0) is 35.9. The van der Waals surface area contributed by atoms with Crippen LogP contribution in [0.4, 0.5) is 42.8 Å². The molecule has 3 heterocycles. The fourth-order valence-electron chi connectivity index (χ4n) is 5.34. The number of esters is 1.